The predicted octanol–water partition coefficient (Wildman–Crippen LogP) is 3.45. The number of esters is 1. The highest BCUT2D eigenvalue weighted by Crippen LogP contribution is 2.44. The Morgan fingerprint density at radius 1 is 1.26 bits per heavy atom. The molecule has 0 aliphatic carbocycles. The van der Waals surface area contributed by atoms with Crippen molar-refractivity contribution < 1.29 is 23.8 Å². The molecule has 0 saturated heterocycles. The van der Waals surface area contributed by atoms with Gasteiger partial charge in [0.15, 0.2) is 11.5 Å². The van der Waals surface area contributed by atoms with Crippen molar-refractivity contribution in [1.29, 1.82) is 0 Å². The van der Waals surface area contributed by atoms with Gasteiger partial charge in [-0.3, -0.25) is 0 Å². The van der Waals surface area contributed by atoms with Crippen molar-refractivity contribution >= 4 is 11.6 Å². The van der Waals surface area contributed by atoms with Crippen molar-refractivity contribution in [2.75, 3.05) is 6.61 Å². The number of hydrogen-bond donors (Lipinski definition) is 1. The lowest BCUT2D eigenvalue weighted by Gasteiger charge is -2.26. The molecule has 1 atom stereocenters. The van der Waals surface area contributed by atoms with Crippen molar-refractivity contribution in [2.24, 2.45) is 0 Å². The summed E-state index contributed by atoms with van der Waals surface area (Å²) in [6.07, 6.45) is 3.01. The van der Waals surface area contributed by atoms with Crippen LogP contribution in [0.15, 0.2) is 64.7 Å². The first-order chi connectivity index (χ1) is 15.1. The number of phenolic OH excluding ortho intramolecular Hbond substituents is 1. The van der Waals surface area contributed by atoms with E-state index in [1.807, 2.05) is 0 Å². The number of para-hydroxylation sites is 1. The normalized spacial score (nSPS) is 15.6. The number of rotatable bonds is 4. The van der Waals surface area contributed by atoms with Gasteiger partial charge in [0.2, 0.25) is 5.88 Å². The van der Waals surface area contributed by atoms with E-state index in [-0.39, 0.29) is 12.4 Å². The molecule has 0 bridgehead atoms. The fraction of sp³-hybridized carbons (Fsp3) is 0.182. The summed E-state index contributed by atoms with van der Waals surface area (Å²) in [6, 6.07) is 10.3. The van der Waals surface area contributed by atoms with Crippen LogP contribution in [0, 0.1) is 0 Å². The van der Waals surface area contributed by atoms with Crippen LogP contribution in [0.4, 0.5) is 0 Å². The molecule has 1 N–H and O–H groups in total. The number of ether oxygens (including phenoxy) is 2. The first kappa shape index (κ1) is 18.9. The van der Waals surface area contributed by atoms with Gasteiger partial charge in [0.05, 0.1) is 35.5 Å². The van der Waals surface area contributed by atoms with E-state index in [1.54, 1.807) is 50.2 Å². The van der Waals surface area contributed by atoms with Gasteiger partial charge in [-0.25, -0.2) is 19.3 Å². The molecule has 3 aromatic heterocycles. The van der Waals surface area contributed by atoms with Gasteiger partial charge >= 0.3 is 5.97 Å². The Hall–Kier alpha value is -4.14. The number of hydrogen-bond acceptors (Lipinski definition) is 8. The lowest BCUT2D eigenvalue weighted by molar-refractivity contribution is -0.139. The van der Waals surface area contributed by atoms with E-state index in [0.29, 0.717) is 45.6 Å². The fourth-order valence-corrected chi connectivity index (χ4v) is 3.73. The summed E-state index contributed by atoms with van der Waals surface area (Å²) >= 11 is 0. The van der Waals surface area contributed by atoms with Gasteiger partial charge in [0, 0.05) is 0 Å². The molecule has 5 rings (SSSR count). The first-order valence-electron chi connectivity index (χ1n) is 9.71. The number of phenols is 1. The molecule has 0 spiro atoms. The van der Waals surface area contributed by atoms with E-state index in [0.717, 1.165) is 0 Å². The molecule has 9 heteroatoms. The third-order valence-corrected chi connectivity index (χ3v) is 5.06. The Balaban J connectivity index is 1.75. The quantitative estimate of drug-likeness (QED) is 0.502. The molecule has 156 valence electrons. The molecular weight excluding hydrogens is 400 g/mol. The summed E-state index contributed by atoms with van der Waals surface area (Å²) < 4.78 is 18.3. The van der Waals surface area contributed by atoms with Gasteiger partial charge in [-0.15, -0.1) is 5.10 Å². The topological polar surface area (TPSA) is 112 Å². The molecule has 1 aromatic carbocycles. The molecule has 0 fully saturated rings. The smallest absolute Gasteiger partial charge is 0.338 e. The zero-order valence-electron chi connectivity index (χ0n) is 16.8. The van der Waals surface area contributed by atoms with E-state index in [9.17, 15) is 9.90 Å². The minimum Gasteiger partial charge on any atom is -0.507 e. The third kappa shape index (κ3) is 3.02. The average Bonchev–Trinajstić information content (AvgIpc) is 3.43. The van der Waals surface area contributed by atoms with Crippen LogP contribution in [-0.2, 0) is 9.53 Å². The third-order valence-electron chi connectivity index (χ3n) is 5.06. The van der Waals surface area contributed by atoms with Gasteiger partial charge in [0.1, 0.15) is 23.6 Å². The van der Waals surface area contributed by atoms with Gasteiger partial charge in [-0.1, -0.05) is 12.1 Å². The lowest BCUT2D eigenvalue weighted by atomic mass is 9.87. The van der Waals surface area contributed by atoms with Crippen molar-refractivity contribution in [3.8, 4) is 23.0 Å². The van der Waals surface area contributed by atoms with Crippen LogP contribution >= 0.6 is 0 Å². The number of carbonyl (C=O) groups excluding carboxylic acids is 1. The number of carbonyl (C=O) groups is 1. The SMILES string of the molecule is CCOC(=O)C1=C(C)Oc2ncn3nc(-c4ccccc4O)nc3c2[C@H]1c1ccco1. The second kappa shape index (κ2) is 7.28. The number of nitrogens with zero attached hydrogens (tertiary/aromatic N) is 4. The molecule has 0 saturated carbocycles. The number of furan rings is 1. The summed E-state index contributed by atoms with van der Waals surface area (Å²) in [5.74, 6) is 0.427. The molecule has 31 heavy (non-hydrogen) atoms. The first-order valence-corrected chi connectivity index (χ1v) is 9.71. The maximum Gasteiger partial charge on any atom is 0.338 e. The van der Waals surface area contributed by atoms with Crippen LogP contribution in [0.2, 0.25) is 0 Å². The lowest BCUT2D eigenvalue weighted by Crippen LogP contribution is -2.24. The summed E-state index contributed by atoms with van der Waals surface area (Å²) in [7, 11) is 0. The van der Waals surface area contributed by atoms with E-state index in [2.05, 4.69) is 15.1 Å². The number of fused-ring (bicyclic) bond motifs is 3. The summed E-state index contributed by atoms with van der Waals surface area (Å²) in [6.45, 7) is 3.65. The summed E-state index contributed by atoms with van der Waals surface area (Å²) in [5.41, 5.74) is 1.74. The van der Waals surface area contributed by atoms with Crippen molar-refractivity contribution in [3.63, 3.8) is 0 Å². The predicted molar refractivity (Wildman–Crippen MR) is 108 cm³/mol. The second-order valence-corrected chi connectivity index (χ2v) is 6.92. The molecule has 4 heterocycles. The molecule has 9 nitrogen and oxygen atoms in total. The summed E-state index contributed by atoms with van der Waals surface area (Å²) in [4.78, 5) is 21.8. The highest BCUT2D eigenvalue weighted by Gasteiger charge is 2.39. The van der Waals surface area contributed by atoms with Crippen LogP contribution in [0.5, 0.6) is 11.6 Å². The van der Waals surface area contributed by atoms with Gasteiger partial charge in [-0.05, 0) is 38.1 Å². The van der Waals surface area contributed by atoms with E-state index >= 15 is 0 Å². The molecule has 1 aliphatic rings. The fourth-order valence-electron chi connectivity index (χ4n) is 3.73. The zero-order chi connectivity index (χ0) is 21.5. The number of aromatic hydroxyl groups is 1. The van der Waals surface area contributed by atoms with Gasteiger partial charge in [-0.2, -0.15) is 0 Å². The molecule has 0 radical (unpaired) electrons. The Morgan fingerprint density at radius 3 is 2.84 bits per heavy atom. The summed E-state index contributed by atoms with van der Waals surface area (Å²) in [5, 5.41) is 14.7. The highest BCUT2D eigenvalue weighted by atomic mass is 16.5. The molecular formula is C22H18N4O5. The van der Waals surface area contributed by atoms with Crippen LogP contribution in [0.1, 0.15) is 31.1 Å². The molecule has 0 unspecified atom stereocenters. The Kier molecular flexibility index (Phi) is 4.43. The van der Waals surface area contributed by atoms with Crippen LogP contribution < -0.4 is 4.74 Å². The van der Waals surface area contributed by atoms with E-state index in [4.69, 9.17) is 13.9 Å². The maximum absolute atomic E-state index is 12.8. The van der Waals surface area contributed by atoms with Crippen LogP contribution in [-0.4, -0.2) is 37.3 Å². The second-order valence-electron chi connectivity index (χ2n) is 6.92. The Bertz CT molecular complexity index is 1320. The number of benzene rings is 1. The average molecular weight is 418 g/mol. The minimum atomic E-state index is -0.643. The minimum absolute atomic E-state index is 0.0574. The molecule has 4 aromatic rings. The van der Waals surface area contributed by atoms with Gasteiger partial charge < -0.3 is 19.0 Å². The van der Waals surface area contributed by atoms with E-state index < -0.39 is 11.9 Å². The van der Waals surface area contributed by atoms with E-state index in [1.165, 1.54) is 17.1 Å². The monoisotopic (exact) mass is 418 g/mol. The molecule has 0 amide bonds. The maximum atomic E-state index is 12.8. The Morgan fingerprint density at radius 2 is 2.10 bits per heavy atom. The number of aromatic nitrogens is 4. The zero-order valence-corrected chi connectivity index (χ0v) is 16.8. The van der Waals surface area contributed by atoms with Crippen molar-refractivity contribution in [3.05, 3.63) is 71.6 Å². The van der Waals surface area contributed by atoms with Crippen LogP contribution in [0.3, 0.4) is 0 Å². The Labute approximate surface area is 176 Å². The van der Waals surface area contributed by atoms with Crippen molar-refractivity contribution in [2.45, 2.75) is 19.8 Å². The standard InChI is InChI=1S/C22H18N4O5/c1-3-29-22(28)16-12(2)31-21-18(17(16)15-9-6-10-30-15)20-24-19(25-26(20)11-23-21)13-7-4-5-8-14(13)27/h4-11,17,27H,3H2,1-2H3/t17-/m0/s1. The van der Waals surface area contributed by atoms with Crippen LogP contribution in [0.25, 0.3) is 17.0 Å². The largest absolute Gasteiger partial charge is 0.507 e. The number of allylic oxidation sites excluding steroid dienone is 1. The van der Waals surface area contributed by atoms with Crippen molar-refractivity contribution in [1.82, 2.24) is 19.6 Å². The highest BCUT2D eigenvalue weighted by molar-refractivity contribution is 5.93. The molecule has 1 aliphatic heterocycles. The van der Waals surface area contributed by atoms with Gasteiger partial charge in [0.25, 0.3) is 0 Å².